The molecule has 3 heterocycles. The van der Waals surface area contributed by atoms with Gasteiger partial charge in [-0.2, -0.15) is 0 Å². The van der Waals surface area contributed by atoms with Crippen molar-refractivity contribution in [2.24, 2.45) is 0 Å². The Bertz CT molecular complexity index is 662. The maximum atomic E-state index is 5.50. The minimum atomic E-state index is 0.308. The molecule has 1 aromatic carbocycles. The first-order valence-electron chi connectivity index (χ1n) is 6.88. The van der Waals surface area contributed by atoms with Gasteiger partial charge in [0.05, 0.1) is 0 Å². The molecule has 2 aliphatic rings. The van der Waals surface area contributed by atoms with Crippen molar-refractivity contribution in [2.75, 3.05) is 23.6 Å². The van der Waals surface area contributed by atoms with Crippen molar-refractivity contribution < 1.29 is 9.47 Å². The molecule has 2 aliphatic heterocycles. The van der Waals surface area contributed by atoms with Crippen LogP contribution in [0.3, 0.4) is 0 Å². The summed E-state index contributed by atoms with van der Waals surface area (Å²) in [5.41, 5.74) is 0. The van der Waals surface area contributed by atoms with E-state index in [4.69, 9.17) is 9.47 Å². The SMILES string of the molecule is BrCC1CCCN1c1nccc2cc3c(cc12)OCO3. The highest BCUT2D eigenvalue weighted by Crippen LogP contribution is 2.39. The van der Waals surface area contributed by atoms with Crippen LogP contribution >= 0.6 is 15.9 Å². The third-order valence-corrected chi connectivity index (χ3v) is 4.81. The Kier molecular flexibility index (Phi) is 2.95. The van der Waals surface area contributed by atoms with Crippen molar-refractivity contribution in [1.82, 2.24) is 4.98 Å². The van der Waals surface area contributed by atoms with Crippen molar-refractivity contribution in [2.45, 2.75) is 18.9 Å². The molecule has 0 spiro atoms. The van der Waals surface area contributed by atoms with Gasteiger partial charge in [0.2, 0.25) is 6.79 Å². The Hall–Kier alpha value is -1.49. The zero-order valence-electron chi connectivity index (χ0n) is 11.0. The fourth-order valence-electron chi connectivity index (χ4n) is 3.05. The normalized spacial score (nSPS) is 20.9. The summed E-state index contributed by atoms with van der Waals surface area (Å²) in [4.78, 5) is 7.02. The molecule has 5 heteroatoms. The van der Waals surface area contributed by atoms with E-state index in [0.717, 1.165) is 40.0 Å². The van der Waals surface area contributed by atoms with Gasteiger partial charge in [-0.3, -0.25) is 0 Å². The standard InChI is InChI=1S/C15H15BrN2O2/c16-8-11-2-1-5-18(11)15-12-7-14-13(19-9-20-14)6-10(12)3-4-17-15/h3-4,6-7,11H,1-2,5,8-9H2. The predicted molar refractivity (Wildman–Crippen MR) is 82.0 cm³/mol. The molecule has 1 unspecified atom stereocenters. The Labute approximate surface area is 125 Å². The van der Waals surface area contributed by atoms with Crippen LogP contribution in [0.4, 0.5) is 5.82 Å². The molecule has 104 valence electrons. The first-order chi connectivity index (χ1) is 9.86. The first kappa shape index (κ1) is 12.3. The van der Waals surface area contributed by atoms with E-state index in [0.29, 0.717) is 12.8 Å². The Morgan fingerprint density at radius 1 is 1.30 bits per heavy atom. The number of ether oxygens (including phenoxy) is 2. The van der Waals surface area contributed by atoms with Gasteiger partial charge in [0.1, 0.15) is 5.82 Å². The molecule has 2 aromatic rings. The first-order valence-corrected chi connectivity index (χ1v) is 8.00. The van der Waals surface area contributed by atoms with Crippen LogP contribution < -0.4 is 14.4 Å². The van der Waals surface area contributed by atoms with Crippen LogP contribution in [0.2, 0.25) is 0 Å². The van der Waals surface area contributed by atoms with Crippen LogP contribution in [0.1, 0.15) is 12.8 Å². The van der Waals surface area contributed by atoms with E-state index in [9.17, 15) is 0 Å². The van der Waals surface area contributed by atoms with Crippen LogP contribution in [0.25, 0.3) is 10.8 Å². The van der Waals surface area contributed by atoms with Crippen molar-refractivity contribution in [3.8, 4) is 11.5 Å². The average molecular weight is 335 g/mol. The van der Waals surface area contributed by atoms with Gasteiger partial charge in [0.15, 0.2) is 11.5 Å². The molecule has 4 rings (SSSR count). The summed E-state index contributed by atoms with van der Waals surface area (Å²) < 4.78 is 11.0. The van der Waals surface area contributed by atoms with E-state index in [1.165, 1.54) is 12.8 Å². The number of aromatic nitrogens is 1. The molecular weight excluding hydrogens is 320 g/mol. The Morgan fingerprint density at radius 2 is 2.15 bits per heavy atom. The summed E-state index contributed by atoms with van der Waals surface area (Å²) in [5, 5.41) is 3.28. The zero-order valence-corrected chi connectivity index (χ0v) is 12.6. The second-order valence-corrected chi connectivity index (χ2v) is 5.85. The van der Waals surface area contributed by atoms with Crippen LogP contribution in [0.15, 0.2) is 24.4 Å². The second-order valence-electron chi connectivity index (χ2n) is 5.20. The molecule has 0 radical (unpaired) electrons. The predicted octanol–water partition coefficient (Wildman–Crippen LogP) is 3.33. The summed E-state index contributed by atoms with van der Waals surface area (Å²) >= 11 is 3.61. The lowest BCUT2D eigenvalue weighted by Crippen LogP contribution is -2.31. The van der Waals surface area contributed by atoms with E-state index in [2.05, 4.69) is 31.9 Å². The van der Waals surface area contributed by atoms with Gasteiger partial charge in [-0.05, 0) is 36.4 Å². The third kappa shape index (κ3) is 1.84. The lowest BCUT2D eigenvalue weighted by atomic mass is 10.1. The van der Waals surface area contributed by atoms with Crippen molar-refractivity contribution in [3.63, 3.8) is 0 Å². The number of alkyl halides is 1. The molecule has 1 fully saturated rings. The summed E-state index contributed by atoms with van der Waals surface area (Å²) in [6.45, 7) is 1.37. The zero-order chi connectivity index (χ0) is 13.5. The van der Waals surface area contributed by atoms with Crippen LogP contribution in [-0.4, -0.2) is 29.7 Å². The Morgan fingerprint density at radius 3 is 3.00 bits per heavy atom. The molecule has 20 heavy (non-hydrogen) atoms. The number of rotatable bonds is 2. The van der Waals surface area contributed by atoms with Gasteiger partial charge >= 0.3 is 0 Å². The summed E-state index contributed by atoms with van der Waals surface area (Å²) in [6.07, 6.45) is 4.32. The number of nitrogens with zero attached hydrogens (tertiary/aromatic N) is 2. The minimum Gasteiger partial charge on any atom is -0.454 e. The molecule has 1 saturated heterocycles. The fourth-order valence-corrected chi connectivity index (χ4v) is 3.72. The molecule has 0 saturated carbocycles. The van der Waals surface area contributed by atoms with Gasteiger partial charge < -0.3 is 14.4 Å². The quantitative estimate of drug-likeness (QED) is 0.789. The monoisotopic (exact) mass is 334 g/mol. The van der Waals surface area contributed by atoms with E-state index < -0.39 is 0 Å². The summed E-state index contributed by atoms with van der Waals surface area (Å²) in [5.74, 6) is 2.71. The molecule has 0 aliphatic carbocycles. The number of pyridine rings is 1. The highest BCUT2D eigenvalue weighted by Gasteiger charge is 2.26. The second kappa shape index (κ2) is 4.81. The van der Waals surface area contributed by atoms with E-state index in [1.807, 2.05) is 18.3 Å². The summed E-state index contributed by atoms with van der Waals surface area (Å²) in [6, 6.07) is 6.66. The summed E-state index contributed by atoms with van der Waals surface area (Å²) in [7, 11) is 0. The molecule has 4 nitrogen and oxygen atoms in total. The van der Waals surface area contributed by atoms with E-state index >= 15 is 0 Å². The smallest absolute Gasteiger partial charge is 0.231 e. The largest absolute Gasteiger partial charge is 0.454 e. The van der Waals surface area contributed by atoms with E-state index in [1.54, 1.807) is 0 Å². The van der Waals surface area contributed by atoms with Gasteiger partial charge in [-0.1, -0.05) is 15.9 Å². The van der Waals surface area contributed by atoms with Crippen molar-refractivity contribution >= 4 is 32.5 Å². The molecule has 1 aromatic heterocycles. The topological polar surface area (TPSA) is 34.6 Å². The maximum absolute atomic E-state index is 5.50. The lowest BCUT2D eigenvalue weighted by Gasteiger charge is -2.25. The van der Waals surface area contributed by atoms with Gasteiger partial charge in [0, 0.05) is 29.5 Å². The van der Waals surface area contributed by atoms with Crippen LogP contribution in [0, 0.1) is 0 Å². The number of hydrogen-bond acceptors (Lipinski definition) is 4. The maximum Gasteiger partial charge on any atom is 0.231 e. The molecule has 0 amide bonds. The number of halogens is 1. The average Bonchev–Trinajstić information content (AvgIpc) is 3.12. The van der Waals surface area contributed by atoms with Gasteiger partial charge in [-0.25, -0.2) is 4.98 Å². The molecular formula is C15H15BrN2O2. The minimum absolute atomic E-state index is 0.308. The van der Waals surface area contributed by atoms with Crippen LogP contribution in [-0.2, 0) is 0 Å². The Balaban J connectivity index is 1.87. The molecule has 0 N–H and O–H groups in total. The van der Waals surface area contributed by atoms with Gasteiger partial charge in [-0.15, -0.1) is 0 Å². The third-order valence-electron chi connectivity index (χ3n) is 4.06. The lowest BCUT2D eigenvalue weighted by molar-refractivity contribution is 0.174. The highest BCUT2D eigenvalue weighted by atomic mass is 79.9. The van der Waals surface area contributed by atoms with Crippen molar-refractivity contribution in [1.29, 1.82) is 0 Å². The number of anilines is 1. The highest BCUT2D eigenvalue weighted by molar-refractivity contribution is 9.09. The number of hydrogen-bond donors (Lipinski definition) is 0. The molecule has 0 bridgehead atoms. The molecule has 1 atom stereocenters. The van der Waals surface area contributed by atoms with Gasteiger partial charge in [0.25, 0.3) is 0 Å². The fraction of sp³-hybridized carbons (Fsp3) is 0.400. The van der Waals surface area contributed by atoms with Crippen LogP contribution in [0.5, 0.6) is 11.5 Å². The number of fused-ring (bicyclic) bond motifs is 2. The number of benzene rings is 1. The van der Waals surface area contributed by atoms with E-state index in [-0.39, 0.29) is 0 Å². The van der Waals surface area contributed by atoms with Crippen molar-refractivity contribution in [3.05, 3.63) is 24.4 Å².